The lowest BCUT2D eigenvalue weighted by atomic mass is 9.93. The zero-order valence-electron chi connectivity index (χ0n) is 29.4. The van der Waals surface area contributed by atoms with Gasteiger partial charge in [-0.15, -0.1) is 12.4 Å². The summed E-state index contributed by atoms with van der Waals surface area (Å²) in [6.45, 7) is 2.56. The van der Waals surface area contributed by atoms with E-state index in [1.54, 1.807) is 55.5 Å². The van der Waals surface area contributed by atoms with Crippen LogP contribution in [0.25, 0.3) is 0 Å². The van der Waals surface area contributed by atoms with Crippen LogP contribution in [0.5, 0.6) is 5.75 Å². The van der Waals surface area contributed by atoms with Crippen LogP contribution in [0.3, 0.4) is 0 Å². The summed E-state index contributed by atoms with van der Waals surface area (Å²) in [5.41, 5.74) is 1.56. The summed E-state index contributed by atoms with van der Waals surface area (Å²) in [7, 11) is -7.46. The van der Waals surface area contributed by atoms with E-state index in [9.17, 15) is 26.4 Å². The number of hydrogen-bond acceptors (Lipinski definition) is 9. The van der Waals surface area contributed by atoms with Gasteiger partial charge in [0.25, 0.3) is 0 Å². The van der Waals surface area contributed by atoms with E-state index >= 15 is 0 Å². The van der Waals surface area contributed by atoms with Crippen LogP contribution in [0, 0.1) is 0 Å². The summed E-state index contributed by atoms with van der Waals surface area (Å²) in [5.74, 6) is -0.323. The van der Waals surface area contributed by atoms with Crippen molar-refractivity contribution in [1.29, 1.82) is 0 Å². The van der Waals surface area contributed by atoms with Crippen molar-refractivity contribution in [2.24, 2.45) is 4.99 Å². The average Bonchev–Trinajstić information content (AvgIpc) is 3.51. The highest BCUT2D eigenvalue weighted by Crippen LogP contribution is 2.46. The van der Waals surface area contributed by atoms with E-state index in [-0.39, 0.29) is 104 Å². The van der Waals surface area contributed by atoms with E-state index in [4.69, 9.17) is 49.3 Å². The number of hydrogen-bond donors (Lipinski definition) is 0. The molecule has 13 nitrogen and oxygen atoms in total. The molecule has 3 aliphatic rings. The number of carbonyl (C=O) groups is 2. The second-order valence-corrected chi connectivity index (χ2v) is 18.2. The first-order chi connectivity index (χ1) is 25.2. The normalized spacial score (nSPS) is 19.8. The van der Waals surface area contributed by atoms with Crippen molar-refractivity contribution in [2.75, 3.05) is 71.1 Å². The van der Waals surface area contributed by atoms with E-state index < -0.39 is 43.9 Å². The lowest BCUT2D eigenvalue weighted by molar-refractivity contribution is -0.134. The van der Waals surface area contributed by atoms with Gasteiger partial charge < -0.3 is 19.3 Å². The van der Waals surface area contributed by atoms with Gasteiger partial charge in [-0.2, -0.15) is 4.31 Å². The Hall–Kier alpha value is -3.15. The molecule has 54 heavy (non-hydrogen) atoms. The molecule has 2 fully saturated rings. The number of morpholine rings is 1. The van der Waals surface area contributed by atoms with Crippen molar-refractivity contribution < 1.29 is 35.9 Å². The number of halogens is 4. The zero-order chi connectivity index (χ0) is 38.1. The van der Waals surface area contributed by atoms with Gasteiger partial charge >= 0.3 is 6.03 Å². The third kappa shape index (κ3) is 9.10. The molecule has 0 unspecified atom stereocenters. The van der Waals surface area contributed by atoms with Gasteiger partial charge in [0.1, 0.15) is 38.9 Å². The molecule has 0 N–H and O–H groups in total. The molecule has 0 bridgehead atoms. The number of rotatable bonds is 10. The van der Waals surface area contributed by atoms with Crippen LogP contribution in [0.4, 0.5) is 4.79 Å². The van der Waals surface area contributed by atoms with E-state index in [1.165, 1.54) is 31.1 Å². The fraction of sp³-hybridized carbons (Fsp3) is 0.400. The summed E-state index contributed by atoms with van der Waals surface area (Å²) >= 11 is 19.3. The van der Waals surface area contributed by atoms with Crippen LogP contribution in [0.1, 0.15) is 35.7 Å². The molecule has 3 aromatic rings. The van der Waals surface area contributed by atoms with Crippen molar-refractivity contribution in [3.05, 3.63) is 92.4 Å². The molecule has 2 atom stereocenters. The number of nitrogens with zero attached hydrogens (tertiary/aromatic N) is 5. The van der Waals surface area contributed by atoms with Crippen molar-refractivity contribution >= 4 is 84.8 Å². The number of aliphatic imine (C=N–C) groups is 1. The highest BCUT2D eigenvalue weighted by Gasteiger charge is 2.46. The van der Waals surface area contributed by atoms with Gasteiger partial charge in [-0.3, -0.25) is 14.7 Å². The van der Waals surface area contributed by atoms with Crippen LogP contribution in [0.15, 0.2) is 70.6 Å². The number of benzene rings is 3. The monoisotopic (exact) mass is 861 g/mol. The highest BCUT2D eigenvalue weighted by atomic mass is 35.5. The molecule has 0 spiro atoms. The molecule has 0 radical (unpaired) electrons. The van der Waals surface area contributed by atoms with E-state index in [0.29, 0.717) is 21.2 Å². The topological polar surface area (TPSA) is 146 Å². The Morgan fingerprint density at radius 1 is 0.907 bits per heavy atom. The van der Waals surface area contributed by atoms with Crippen molar-refractivity contribution in [2.45, 2.75) is 23.9 Å². The van der Waals surface area contributed by atoms with Crippen LogP contribution >= 0.6 is 47.2 Å². The first kappa shape index (κ1) is 42.0. The van der Waals surface area contributed by atoms with Crippen LogP contribution < -0.4 is 4.74 Å². The molecule has 0 saturated carbocycles. The molecular weight excluding hydrogens is 824 g/mol. The molecule has 0 aromatic heterocycles. The quantitative estimate of drug-likeness (QED) is 0.266. The fourth-order valence-electron chi connectivity index (χ4n) is 6.50. The summed E-state index contributed by atoms with van der Waals surface area (Å²) in [5, 5.41) is 0.895. The smallest absolute Gasteiger partial charge is 0.326 e. The van der Waals surface area contributed by atoms with Gasteiger partial charge in [0.2, 0.25) is 15.9 Å². The molecule has 3 amide bonds. The minimum absolute atomic E-state index is 0. The number of sulfone groups is 1. The number of amides is 3. The Balaban J connectivity index is 0.00000561. The summed E-state index contributed by atoms with van der Waals surface area (Å²) in [6, 6.07) is 14.7. The molecule has 6 rings (SSSR count). The number of carbonyl (C=O) groups excluding carboxylic acids is 2. The lowest BCUT2D eigenvalue weighted by Crippen LogP contribution is -2.57. The van der Waals surface area contributed by atoms with Crippen molar-refractivity contribution in [3.8, 4) is 5.75 Å². The number of piperazine rings is 1. The average molecular weight is 864 g/mol. The number of urea groups is 1. The van der Waals surface area contributed by atoms with E-state index in [0.717, 1.165) is 6.26 Å². The zero-order valence-corrected chi connectivity index (χ0v) is 34.1. The predicted octanol–water partition coefficient (Wildman–Crippen LogP) is 5.34. The second-order valence-electron chi connectivity index (χ2n) is 12.8. The standard InChI is InChI=1S/C35H38Cl3N5O8S2.ClH/c1-3-51-29-21-28(38)30(53(48,49)42-14-17-50-18-15-42)20-27(29)34-39-32(23-4-8-25(36)9-5-23)33(24-6-10-26(37)11-7-24)43(34)35(45)41-13-12-40(31(44)22-41)16-19-52(2,46)47;/h4-11,20-21,32-33H,3,12-19,22H2,1-2H3;1H/t32-,33+;/m0./s1. The third-order valence-electron chi connectivity index (χ3n) is 9.18. The number of amidine groups is 1. The summed E-state index contributed by atoms with van der Waals surface area (Å²) < 4.78 is 64.4. The number of sulfonamides is 1. The Kier molecular flexibility index (Phi) is 13.5. The Morgan fingerprint density at radius 2 is 1.52 bits per heavy atom. The molecule has 19 heteroatoms. The molecule has 2 saturated heterocycles. The van der Waals surface area contributed by atoms with Gasteiger partial charge in [-0.05, 0) is 48.4 Å². The maximum Gasteiger partial charge on any atom is 0.326 e. The van der Waals surface area contributed by atoms with E-state index in [2.05, 4.69) is 0 Å². The van der Waals surface area contributed by atoms with E-state index in [1.807, 2.05) is 0 Å². The molecule has 0 aliphatic carbocycles. The minimum atomic E-state index is -4.13. The molecule has 3 aliphatic heterocycles. The molecule has 3 heterocycles. The minimum Gasteiger partial charge on any atom is -0.493 e. The Bertz CT molecular complexity index is 2120. The van der Waals surface area contributed by atoms with Crippen molar-refractivity contribution in [3.63, 3.8) is 0 Å². The highest BCUT2D eigenvalue weighted by molar-refractivity contribution is 7.90. The molecular formula is C35H39Cl4N5O8S2. The first-order valence-corrected chi connectivity index (χ1v) is 21.5. The fourth-order valence-corrected chi connectivity index (χ4v) is 9.23. The second kappa shape index (κ2) is 17.3. The van der Waals surface area contributed by atoms with Gasteiger partial charge in [-0.25, -0.2) is 21.6 Å². The first-order valence-electron chi connectivity index (χ1n) is 16.8. The van der Waals surface area contributed by atoms with Gasteiger partial charge in [0, 0.05) is 55.1 Å². The van der Waals surface area contributed by atoms with Gasteiger partial charge in [0.15, 0.2) is 0 Å². The predicted molar refractivity (Wildman–Crippen MR) is 209 cm³/mol. The number of ether oxygens (including phenoxy) is 2. The SMILES string of the molecule is CCOc1cc(Cl)c(S(=O)(=O)N2CCOCC2)cc1C1=N[C@@H](c2ccc(Cl)cc2)[C@@H](c2ccc(Cl)cc2)N1C(=O)N1CCN(CCS(C)(=O)=O)C(=O)C1.Cl. The van der Waals surface area contributed by atoms with Crippen LogP contribution in [0.2, 0.25) is 15.1 Å². The lowest BCUT2D eigenvalue weighted by Gasteiger charge is -2.38. The summed E-state index contributed by atoms with van der Waals surface area (Å²) in [6.07, 6.45) is 1.10. The largest absolute Gasteiger partial charge is 0.493 e. The molecule has 3 aromatic carbocycles. The Labute approximate surface area is 336 Å². The van der Waals surface area contributed by atoms with Crippen molar-refractivity contribution in [1.82, 2.24) is 19.0 Å². The summed E-state index contributed by atoms with van der Waals surface area (Å²) in [4.78, 5) is 37.5. The van der Waals surface area contributed by atoms with Crippen LogP contribution in [-0.4, -0.2) is 125 Å². The van der Waals surface area contributed by atoms with Gasteiger partial charge in [0.05, 0.1) is 42.2 Å². The third-order valence-corrected chi connectivity index (χ3v) is 13.0. The maximum atomic E-state index is 15.0. The Morgan fingerprint density at radius 3 is 2.09 bits per heavy atom. The molecule has 292 valence electrons. The maximum absolute atomic E-state index is 15.0. The van der Waals surface area contributed by atoms with Gasteiger partial charge in [-0.1, -0.05) is 59.1 Å². The van der Waals surface area contributed by atoms with Crippen LogP contribution in [-0.2, 0) is 29.4 Å².